The smallest absolute Gasteiger partial charge is 0.116 e. The number of aromatic nitrogens is 3. The van der Waals surface area contributed by atoms with Crippen LogP contribution in [0.15, 0.2) is 36.8 Å². The highest BCUT2D eigenvalue weighted by Crippen LogP contribution is 2.23. The van der Waals surface area contributed by atoms with Crippen LogP contribution in [0.5, 0.6) is 0 Å². The first-order chi connectivity index (χ1) is 8.43. The minimum absolute atomic E-state index is 0.375. The maximum atomic E-state index is 4.35. The van der Waals surface area contributed by atoms with Gasteiger partial charge in [-0.1, -0.05) is 6.07 Å². The van der Waals surface area contributed by atoms with E-state index < -0.39 is 0 Å². The van der Waals surface area contributed by atoms with Crippen LogP contribution in [0.2, 0.25) is 0 Å². The van der Waals surface area contributed by atoms with E-state index in [2.05, 4.69) is 20.3 Å². The van der Waals surface area contributed by atoms with Crippen LogP contribution in [-0.2, 0) is 0 Å². The zero-order valence-electron chi connectivity index (χ0n) is 9.50. The Labute approximate surface area is 100 Å². The van der Waals surface area contributed by atoms with Crippen LogP contribution in [0, 0.1) is 0 Å². The van der Waals surface area contributed by atoms with Crippen molar-refractivity contribution in [3.8, 4) is 11.4 Å². The molecule has 0 aromatic carbocycles. The van der Waals surface area contributed by atoms with Crippen LogP contribution in [0.1, 0.15) is 24.6 Å². The normalized spacial score (nSPS) is 19.4. The molecule has 4 heteroatoms. The number of nitrogens with one attached hydrogen (secondary N) is 1. The Kier molecular flexibility index (Phi) is 2.80. The van der Waals surface area contributed by atoms with Crippen LogP contribution in [0.4, 0.5) is 0 Å². The molecule has 0 bridgehead atoms. The van der Waals surface area contributed by atoms with Gasteiger partial charge in [0.1, 0.15) is 6.33 Å². The maximum Gasteiger partial charge on any atom is 0.116 e. The fourth-order valence-corrected chi connectivity index (χ4v) is 2.15. The Morgan fingerprint density at radius 2 is 2.12 bits per heavy atom. The summed E-state index contributed by atoms with van der Waals surface area (Å²) in [7, 11) is 0. The molecular weight excluding hydrogens is 212 g/mol. The van der Waals surface area contributed by atoms with Gasteiger partial charge >= 0.3 is 0 Å². The highest BCUT2D eigenvalue weighted by molar-refractivity contribution is 5.53. The van der Waals surface area contributed by atoms with Crippen LogP contribution in [0.3, 0.4) is 0 Å². The van der Waals surface area contributed by atoms with Gasteiger partial charge in [0.15, 0.2) is 0 Å². The maximum absolute atomic E-state index is 4.35. The molecule has 1 aliphatic heterocycles. The zero-order valence-corrected chi connectivity index (χ0v) is 9.50. The third-order valence-corrected chi connectivity index (χ3v) is 3.03. The van der Waals surface area contributed by atoms with Gasteiger partial charge < -0.3 is 5.32 Å². The van der Waals surface area contributed by atoms with Gasteiger partial charge in [0.05, 0.1) is 17.1 Å². The average Bonchev–Trinajstić information content (AvgIpc) is 2.94. The molecule has 1 atom stereocenters. The number of rotatable bonds is 2. The predicted molar refractivity (Wildman–Crippen MR) is 65.2 cm³/mol. The molecule has 1 fully saturated rings. The lowest BCUT2D eigenvalue weighted by Crippen LogP contribution is -2.14. The Hall–Kier alpha value is -1.81. The van der Waals surface area contributed by atoms with E-state index in [0.717, 1.165) is 30.0 Å². The Morgan fingerprint density at radius 1 is 1.12 bits per heavy atom. The summed E-state index contributed by atoms with van der Waals surface area (Å²) >= 11 is 0. The van der Waals surface area contributed by atoms with Gasteiger partial charge in [-0.15, -0.1) is 0 Å². The molecule has 1 unspecified atom stereocenters. The molecular formula is C13H14N4. The third-order valence-electron chi connectivity index (χ3n) is 3.03. The lowest BCUT2D eigenvalue weighted by atomic mass is 10.1. The highest BCUT2D eigenvalue weighted by atomic mass is 15.0. The van der Waals surface area contributed by atoms with Gasteiger partial charge in [-0.05, 0) is 37.6 Å². The molecule has 0 amide bonds. The number of hydrogen-bond acceptors (Lipinski definition) is 4. The topological polar surface area (TPSA) is 50.7 Å². The molecule has 3 rings (SSSR count). The summed E-state index contributed by atoms with van der Waals surface area (Å²) in [6.07, 6.45) is 5.77. The minimum Gasteiger partial charge on any atom is -0.309 e. The van der Waals surface area contributed by atoms with Crippen molar-refractivity contribution in [1.82, 2.24) is 20.3 Å². The Bertz CT molecular complexity index is 492. The van der Waals surface area contributed by atoms with E-state index >= 15 is 0 Å². The van der Waals surface area contributed by atoms with Crippen molar-refractivity contribution < 1.29 is 0 Å². The summed E-state index contributed by atoms with van der Waals surface area (Å²) in [4.78, 5) is 12.9. The van der Waals surface area contributed by atoms with Crippen molar-refractivity contribution in [2.24, 2.45) is 0 Å². The summed E-state index contributed by atoms with van der Waals surface area (Å²) in [5, 5.41) is 3.44. The van der Waals surface area contributed by atoms with Gasteiger partial charge in [0.2, 0.25) is 0 Å². The van der Waals surface area contributed by atoms with Crippen molar-refractivity contribution >= 4 is 0 Å². The molecule has 1 aliphatic rings. The monoisotopic (exact) mass is 226 g/mol. The summed E-state index contributed by atoms with van der Waals surface area (Å²) in [5.74, 6) is 0. The molecule has 86 valence electrons. The number of pyridine rings is 1. The van der Waals surface area contributed by atoms with Crippen molar-refractivity contribution in [2.45, 2.75) is 18.9 Å². The fraction of sp³-hybridized carbons (Fsp3) is 0.308. The summed E-state index contributed by atoms with van der Waals surface area (Å²) in [6.45, 7) is 1.08. The predicted octanol–water partition coefficient (Wildman–Crippen LogP) is 1.96. The van der Waals surface area contributed by atoms with Crippen molar-refractivity contribution in [2.75, 3.05) is 6.54 Å². The van der Waals surface area contributed by atoms with E-state index in [0.29, 0.717) is 6.04 Å². The second-order valence-electron chi connectivity index (χ2n) is 4.19. The Balaban J connectivity index is 1.94. The second kappa shape index (κ2) is 4.59. The minimum atomic E-state index is 0.375. The van der Waals surface area contributed by atoms with E-state index in [1.807, 2.05) is 24.3 Å². The Morgan fingerprint density at radius 3 is 2.88 bits per heavy atom. The fourth-order valence-electron chi connectivity index (χ4n) is 2.15. The molecule has 0 spiro atoms. The van der Waals surface area contributed by atoms with E-state index in [9.17, 15) is 0 Å². The van der Waals surface area contributed by atoms with Crippen LogP contribution in [0.25, 0.3) is 11.4 Å². The molecule has 2 aromatic rings. The molecule has 0 aliphatic carbocycles. The van der Waals surface area contributed by atoms with Gasteiger partial charge in [-0.25, -0.2) is 9.97 Å². The molecule has 2 aromatic heterocycles. The molecule has 3 heterocycles. The molecule has 4 nitrogen and oxygen atoms in total. The van der Waals surface area contributed by atoms with E-state index in [-0.39, 0.29) is 0 Å². The van der Waals surface area contributed by atoms with Gasteiger partial charge in [-0.2, -0.15) is 0 Å². The van der Waals surface area contributed by atoms with Gasteiger partial charge in [0, 0.05) is 12.2 Å². The van der Waals surface area contributed by atoms with Gasteiger partial charge in [0.25, 0.3) is 0 Å². The molecule has 0 saturated carbocycles. The third kappa shape index (κ3) is 2.17. The quantitative estimate of drug-likeness (QED) is 0.850. The molecule has 1 saturated heterocycles. The largest absolute Gasteiger partial charge is 0.309 e. The number of hydrogen-bond donors (Lipinski definition) is 1. The lowest BCUT2D eigenvalue weighted by molar-refractivity contribution is 0.626. The van der Waals surface area contributed by atoms with Crippen molar-refractivity contribution in [3.05, 3.63) is 42.5 Å². The lowest BCUT2D eigenvalue weighted by Gasteiger charge is -2.09. The molecule has 17 heavy (non-hydrogen) atoms. The first-order valence-electron chi connectivity index (χ1n) is 5.90. The van der Waals surface area contributed by atoms with Crippen LogP contribution < -0.4 is 5.32 Å². The van der Waals surface area contributed by atoms with Crippen LogP contribution >= 0.6 is 0 Å². The summed E-state index contributed by atoms with van der Waals surface area (Å²) < 4.78 is 0. The van der Waals surface area contributed by atoms with Crippen molar-refractivity contribution in [3.63, 3.8) is 0 Å². The summed E-state index contributed by atoms with van der Waals surface area (Å²) in [5.41, 5.74) is 2.86. The van der Waals surface area contributed by atoms with E-state index in [1.165, 1.54) is 6.42 Å². The average molecular weight is 226 g/mol. The first kappa shape index (κ1) is 10.4. The molecule has 0 radical (unpaired) electrons. The van der Waals surface area contributed by atoms with Crippen molar-refractivity contribution in [1.29, 1.82) is 0 Å². The zero-order chi connectivity index (χ0) is 11.5. The standard InChI is InChI=1S/C13H14N4/c1-2-6-14-10(4-1)12-8-13(17-9-16-12)11-5-3-7-15-11/h1-2,4,6,8-9,11,15H,3,5,7H2. The van der Waals surface area contributed by atoms with E-state index in [1.54, 1.807) is 12.5 Å². The van der Waals surface area contributed by atoms with Crippen LogP contribution in [-0.4, -0.2) is 21.5 Å². The second-order valence-corrected chi connectivity index (χ2v) is 4.19. The summed E-state index contributed by atoms with van der Waals surface area (Å²) in [6, 6.07) is 8.25. The molecule has 1 N–H and O–H groups in total. The number of nitrogens with zero attached hydrogens (tertiary/aromatic N) is 3. The van der Waals surface area contributed by atoms with E-state index in [4.69, 9.17) is 0 Å². The highest BCUT2D eigenvalue weighted by Gasteiger charge is 2.18. The SMILES string of the molecule is c1ccc(-c2cc(C3CCCN3)ncn2)nc1. The van der Waals surface area contributed by atoms with Gasteiger partial charge in [-0.3, -0.25) is 4.98 Å². The first-order valence-corrected chi connectivity index (χ1v) is 5.90.